The molecule has 1 aliphatic heterocycles. The number of aryl methyl sites for hydroxylation is 1. The van der Waals surface area contributed by atoms with Crippen molar-refractivity contribution >= 4 is 34.8 Å². The van der Waals surface area contributed by atoms with Crippen LogP contribution in [0.1, 0.15) is 54.6 Å². The first-order valence-corrected chi connectivity index (χ1v) is 12.0. The second-order valence-corrected chi connectivity index (χ2v) is 9.03. The van der Waals surface area contributed by atoms with Gasteiger partial charge in [-0.2, -0.15) is 0 Å². The molecule has 0 bridgehead atoms. The van der Waals surface area contributed by atoms with Gasteiger partial charge in [0.1, 0.15) is 5.82 Å². The molecule has 3 aromatic carbocycles. The largest absolute Gasteiger partial charge is 0.312 e. The lowest BCUT2D eigenvalue weighted by molar-refractivity contribution is -0.120. The molecule has 34 heavy (non-hydrogen) atoms. The van der Waals surface area contributed by atoms with Crippen molar-refractivity contribution in [2.75, 3.05) is 16.3 Å². The Balaban J connectivity index is 1.69. The molecule has 176 valence electrons. The highest BCUT2D eigenvalue weighted by Crippen LogP contribution is 2.41. The maximum absolute atomic E-state index is 14.4. The maximum Gasteiger partial charge on any atom is 0.258 e. The molecule has 0 spiro atoms. The van der Waals surface area contributed by atoms with E-state index in [9.17, 15) is 14.0 Å². The van der Waals surface area contributed by atoms with E-state index in [2.05, 4.69) is 0 Å². The van der Waals surface area contributed by atoms with Gasteiger partial charge >= 0.3 is 0 Å². The van der Waals surface area contributed by atoms with Crippen LogP contribution in [0.15, 0.2) is 66.7 Å². The van der Waals surface area contributed by atoms with Gasteiger partial charge in [0.05, 0.1) is 5.92 Å². The molecule has 0 N–H and O–H groups in total. The van der Waals surface area contributed by atoms with E-state index in [0.717, 1.165) is 11.3 Å². The molecule has 0 unspecified atom stereocenters. The molecule has 0 saturated heterocycles. The van der Waals surface area contributed by atoms with Gasteiger partial charge in [0.2, 0.25) is 5.91 Å². The van der Waals surface area contributed by atoms with E-state index in [0.29, 0.717) is 41.2 Å². The lowest BCUT2D eigenvalue weighted by Crippen LogP contribution is -2.46. The van der Waals surface area contributed by atoms with E-state index in [4.69, 9.17) is 11.6 Å². The van der Waals surface area contributed by atoms with Crippen molar-refractivity contribution in [1.82, 2.24) is 0 Å². The van der Waals surface area contributed by atoms with E-state index in [1.807, 2.05) is 57.2 Å². The van der Waals surface area contributed by atoms with Gasteiger partial charge in [-0.25, -0.2) is 4.39 Å². The summed E-state index contributed by atoms with van der Waals surface area (Å²) in [5, 5.41) is 0.612. The summed E-state index contributed by atoms with van der Waals surface area (Å²) < 4.78 is 14.4. The summed E-state index contributed by atoms with van der Waals surface area (Å²) >= 11 is 6.03. The lowest BCUT2D eigenvalue weighted by Gasteiger charge is -2.40. The molecule has 1 aliphatic rings. The molecule has 0 radical (unpaired) electrons. The van der Waals surface area contributed by atoms with Crippen LogP contribution in [0.4, 0.5) is 15.8 Å². The number of carbonyl (C=O) groups is 2. The smallest absolute Gasteiger partial charge is 0.258 e. The van der Waals surface area contributed by atoms with E-state index in [1.54, 1.807) is 34.1 Å². The molecule has 0 aromatic heterocycles. The van der Waals surface area contributed by atoms with Crippen molar-refractivity contribution in [2.24, 2.45) is 0 Å². The van der Waals surface area contributed by atoms with Gasteiger partial charge in [0.25, 0.3) is 5.91 Å². The zero-order valence-corrected chi connectivity index (χ0v) is 20.3. The molecule has 0 saturated carbocycles. The highest BCUT2D eigenvalue weighted by Gasteiger charge is 2.39. The second kappa shape index (κ2) is 9.98. The minimum atomic E-state index is -0.398. The summed E-state index contributed by atoms with van der Waals surface area (Å²) in [5.74, 6) is -1.06. The monoisotopic (exact) mass is 478 g/mol. The van der Waals surface area contributed by atoms with Crippen molar-refractivity contribution in [3.8, 4) is 0 Å². The third-order valence-electron chi connectivity index (χ3n) is 6.51. The van der Waals surface area contributed by atoms with Crippen LogP contribution < -0.4 is 9.80 Å². The molecule has 1 heterocycles. The predicted molar refractivity (Wildman–Crippen MR) is 135 cm³/mol. The number of likely N-dealkylation sites (N-methyl/N-ethyl adjacent to an activating group) is 1. The van der Waals surface area contributed by atoms with Crippen LogP contribution >= 0.6 is 11.6 Å². The molecular weight excluding hydrogens is 451 g/mol. The Morgan fingerprint density at radius 2 is 1.76 bits per heavy atom. The van der Waals surface area contributed by atoms with Crippen LogP contribution in [0.2, 0.25) is 5.02 Å². The molecule has 3 aromatic rings. The van der Waals surface area contributed by atoms with E-state index >= 15 is 0 Å². The van der Waals surface area contributed by atoms with E-state index in [1.165, 1.54) is 6.07 Å². The fourth-order valence-electron chi connectivity index (χ4n) is 4.74. The van der Waals surface area contributed by atoms with E-state index < -0.39 is 5.92 Å². The summed E-state index contributed by atoms with van der Waals surface area (Å²) in [6.45, 7) is 6.27. The van der Waals surface area contributed by atoms with Gasteiger partial charge in [0, 0.05) is 34.5 Å². The van der Waals surface area contributed by atoms with Crippen molar-refractivity contribution in [3.63, 3.8) is 0 Å². The Hall–Kier alpha value is -3.18. The Kier molecular flexibility index (Phi) is 7.03. The molecule has 6 heteroatoms. The topological polar surface area (TPSA) is 40.6 Å². The fraction of sp³-hybridized carbons (Fsp3) is 0.286. The average Bonchev–Trinajstić information content (AvgIpc) is 2.84. The number of anilines is 2. The number of hydrogen-bond donors (Lipinski definition) is 0. The van der Waals surface area contributed by atoms with Crippen LogP contribution in [0.5, 0.6) is 0 Å². The first-order valence-electron chi connectivity index (χ1n) is 11.6. The zero-order valence-electron chi connectivity index (χ0n) is 19.6. The van der Waals surface area contributed by atoms with Crippen molar-refractivity contribution in [2.45, 2.75) is 45.6 Å². The number of hydrogen-bond acceptors (Lipinski definition) is 2. The van der Waals surface area contributed by atoms with E-state index in [-0.39, 0.29) is 23.7 Å². The van der Waals surface area contributed by atoms with Crippen molar-refractivity contribution < 1.29 is 14.0 Å². The Morgan fingerprint density at radius 1 is 1.06 bits per heavy atom. The predicted octanol–water partition coefficient (Wildman–Crippen LogP) is 6.62. The normalized spacial score (nSPS) is 17.3. The van der Waals surface area contributed by atoms with Crippen LogP contribution in [0, 0.1) is 5.82 Å². The summed E-state index contributed by atoms with van der Waals surface area (Å²) in [7, 11) is 0. The number of rotatable bonds is 5. The first kappa shape index (κ1) is 24.0. The molecule has 0 fully saturated rings. The van der Waals surface area contributed by atoms with Crippen LogP contribution in [-0.4, -0.2) is 24.4 Å². The number of fused-ring (bicyclic) bond motifs is 1. The van der Waals surface area contributed by atoms with Crippen molar-refractivity contribution in [1.29, 1.82) is 0 Å². The number of halogens is 2. The number of benzene rings is 3. The molecule has 2 amide bonds. The van der Waals surface area contributed by atoms with Crippen LogP contribution in [0.25, 0.3) is 0 Å². The Bertz CT molecular complexity index is 1210. The third-order valence-corrected chi connectivity index (χ3v) is 6.76. The van der Waals surface area contributed by atoms with Gasteiger partial charge in [-0.05, 0) is 80.3 Å². The van der Waals surface area contributed by atoms with Gasteiger partial charge in [-0.15, -0.1) is 0 Å². The van der Waals surface area contributed by atoms with Crippen LogP contribution in [0.3, 0.4) is 0 Å². The number of amides is 2. The van der Waals surface area contributed by atoms with Crippen LogP contribution in [-0.2, 0) is 11.2 Å². The quantitative estimate of drug-likeness (QED) is 0.413. The van der Waals surface area contributed by atoms with Gasteiger partial charge in [0.15, 0.2) is 0 Å². The van der Waals surface area contributed by atoms with Gasteiger partial charge < -0.3 is 9.80 Å². The number of para-hydroxylation sites is 1. The second-order valence-electron chi connectivity index (χ2n) is 8.59. The highest BCUT2D eigenvalue weighted by atomic mass is 35.5. The first-order chi connectivity index (χ1) is 16.3. The van der Waals surface area contributed by atoms with Gasteiger partial charge in [-0.3, -0.25) is 9.59 Å². The highest BCUT2D eigenvalue weighted by molar-refractivity contribution is 6.30. The number of nitrogens with zero attached hydrogens (tertiary/aromatic N) is 2. The summed E-state index contributed by atoms with van der Waals surface area (Å²) in [6.07, 6.45) is 1.04. The number of carbonyl (C=O) groups excluding carboxylic acids is 2. The molecule has 4 rings (SSSR count). The SMILES string of the molecule is CCc1ccc(C(=O)N2c3ccccc3[C@@H](C(=O)N(CC)c3ccc(Cl)cc3)C[C@@H]2C)cc1F. The lowest BCUT2D eigenvalue weighted by atomic mass is 9.84. The fourth-order valence-corrected chi connectivity index (χ4v) is 4.86. The maximum atomic E-state index is 14.4. The third kappa shape index (κ3) is 4.45. The van der Waals surface area contributed by atoms with Crippen molar-refractivity contribution in [3.05, 3.63) is 94.3 Å². The molecule has 2 atom stereocenters. The summed E-state index contributed by atoms with van der Waals surface area (Å²) in [5.41, 5.74) is 3.16. The standard InChI is InChI=1S/C28H28ClFN2O2/c1-4-19-10-11-20(17-25(19)30)27(33)32-18(3)16-24(23-8-6-7-9-26(23)32)28(34)31(5-2)22-14-12-21(29)13-15-22/h6-15,17-18,24H,4-5,16H2,1-3H3/t18-,24-/m0/s1. The zero-order chi connectivity index (χ0) is 24.4. The summed E-state index contributed by atoms with van der Waals surface area (Å²) in [4.78, 5) is 30.7. The Morgan fingerprint density at radius 3 is 2.41 bits per heavy atom. The summed E-state index contributed by atoms with van der Waals surface area (Å²) in [6, 6.07) is 19.1. The minimum Gasteiger partial charge on any atom is -0.312 e. The molecule has 4 nitrogen and oxygen atoms in total. The average molecular weight is 479 g/mol. The molecular formula is C28H28ClFN2O2. The minimum absolute atomic E-state index is 0.0189. The van der Waals surface area contributed by atoms with Gasteiger partial charge in [-0.1, -0.05) is 42.8 Å². The Labute approximate surface area is 205 Å². The molecule has 0 aliphatic carbocycles.